The van der Waals surface area contributed by atoms with Gasteiger partial charge in [-0.25, -0.2) is 4.79 Å². The first kappa shape index (κ1) is 13.7. The number of hydrogen-bond donors (Lipinski definition) is 3. The zero-order valence-electron chi connectivity index (χ0n) is 12.4. The average Bonchev–Trinajstić information content (AvgIpc) is 2.91. The number of carbonyl (C=O) groups is 2. The van der Waals surface area contributed by atoms with Crippen molar-refractivity contribution in [3.8, 4) is 0 Å². The largest absolute Gasteiger partial charge is 0.469 e. The van der Waals surface area contributed by atoms with E-state index in [-0.39, 0.29) is 29.9 Å². The van der Waals surface area contributed by atoms with Crippen molar-refractivity contribution < 1.29 is 14.0 Å². The van der Waals surface area contributed by atoms with Crippen LogP contribution >= 0.6 is 0 Å². The van der Waals surface area contributed by atoms with Crippen LogP contribution in [-0.4, -0.2) is 29.6 Å². The van der Waals surface area contributed by atoms with Gasteiger partial charge in [-0.05, 0) is 31.4 Å². The lowest BCUT2D eigenvalue weighted by Gasteiger charge is -2.38. The average molecular weight is 303 g/mol. The Bertz CT molecular complexity index is 585. The van der Waals surface area contributed by atoms with E-state index in [1.54, 1.807) is 6.26 Å². The molecule has 1 aromatic rings. The highest BCUT2D eigenvalue weighted by atomic mass is 16.3. The molecule has 2 saturated carbocycles. The van der Waals surface area contributed by atoms with Gasteiger partial charge in [0, 0.05) is 12.0 Å². The van der Waals surface area contributed by atoms with Gasteiger partial charge in [0.05, 0.1) is 24.3 Å². The van der Waals surface area contributed by atoms with Gasteiger partial charge in [0.1, 0.15) is 5.76 Å². The van der Waals surface area contributed by atoms with Crippen LogP contribution in [0, 0.1) is 0 Å². The lowest BCUT2D eigenvalue weighted by molar-refractivity contribution is -0.119. The minimum Gasteiger partial charge on any atom is -0.469 e. The molecule has 4 atom stereocenters. The molecule has 1 aliphatic heterocycles. The van der Waals surface area contributed by atoms with Crippen molar-refractivity contribution in [1.29, 1.82) is 0 Å². The third kappa shape index (κ3) is 2.36. The lowest BCUT2D eigenvalue weighted by Crippen LogP contribution is -2.59. The summed E-state index contributed by atoms with van der Waals surface area (Å²) < 4.78 is 5.37. The zero-order valence-corrected chi connectivity index (χ0v) is 12.4. The summed E-state index contributed by atoms with van der Waals surface area (Å²) >= 11 is 0. The van der Waals surface area contributed by atoms with Gasteiger partial charge in [-0.3, -0.25) is 4.79 Å². The number of urea groups is 1. The van der Waals surface area contributed by atoms with Crippen LogP contribution in [0.3, 0.4) is 0 Å². The fourth-order valence-corrected chi connectivity index (χ4v) is 3.99. The predicted molar refractivity (Wildman–Crippen MR) is 79.3 cm³/mol. The summed E-state index contributed by atoms with van der Waals surface area (Å²) in [6.45, 7) is 0. The van der Waals surface area contributed by atoms with E-state index in [4.69, 9.17) is 4.42 Å². The SMILES string of the molecule is O=C1C[C@]2(NC(=O)N[C@@H]3C[C@H]3c3ccco3)CCCC[C@@H]2N1. The molecule has 22 heavy (non-hydrogen) atoms. The Hall–Kier alpha value is -1.98. The van der Waals surface area contributed by atoms with Crippen LogP contribution in [0.25, 0.3) is 0 Å². The van der Waals surface area contributed by atoms with Crippen LogP contribution in [0.5, 0.6) is 0 Å². The van der Waals surface area contributed by atoms with Crippen molar-refractivity contribution in [2.75, 3.05) is 0 Å². The molecule has 0 bridgehead atoms. The Morgan fingerprint density at radius 3 is 3.14 bits per heavy atom. The van der Waals surface area contributed by atoms with Gasteiger partial charge < -0.3 is 20.4 Å². The number of nitrogens with one attached hydrogen (secondary N) is 3. The summed E-state index contributed by atoms with van der Waals surface area (Å²) in [6, 6.07) is 3.86. The molecular weight excluding hydrogens is 282 g/mol. The molecule has 1 aromatic heterocycles. The summed E-state index contributed by atoms with van der Waals surface area (Å²) in [6.07, 6.45) is 6.96. The van der Waals surface area contributed by atoms with Gasteiger partial charge in [-0.1, -0.05) is 12.8 Å². The Morgan fingerprint density at radius 1 is 1.41 bits per heavy atom. The summed E-state index contributed by atoms with van der Waals surface area (Å²) in [5, 5.41) is 9.12. The molecule has 2 aliphatic carbocycles. The number of hydrogen-bond acceptors (Lipinski definition) is 3. The van der Waals surface area contributed by atoms with Crippen molar-refractivity contribution in [1.82, 2.24) is 16.0 Å². The van der Waals surface area contributed by atoms with Crippen molar-refractivity contribution in [2.24, 2.45) is 0 Å². The summed E-state index contributed by atoms with van der Waals surface area (Å²) in [5.74, 6) is 1.26. The van der Waals surface area contributed by atoms with E-state index in [1.807, 2.05) is 12.1 Å². The number of amides is 3. The van der Waals surface area contributed by atoms with Crippen molar-refractivity contribution in [2.45, 2.75) is 62.1 Å². The number of rotatable bonds is 3. The molecule has 3 amide bonds. The second-order valence-corrected chi connectivity index (χ2v) is 6.76. The highest BCUT2D eigenvalue weighted by Crippen LogP contribution is 2.41. The van der Waals surface area contributed by atoms with Crippen LogP contribution in [0.2, 0.25) is 0 Å². The van der Waals surface area contributed by atoms with Gasteiger partial charge in [-0.15, -0.1) is 0 Å². The molecule has 0 aromatic carbocycles. The predicted octanol–water partition coefficient (Wildman–Crippen LogP) is 1.64. The second-order valence-electron chi connectivity index (χ2n) is 6.76. The van der Waals surface area contributed by atoms with Crippen LogP contribution in [-0.2, 0) is 4.79 Å². The molecule has 0 radical (unpaired) electrons. The highest BCUT2D eigenvalue weighted by molar-refractivity contribution is 5.84. The molecule has 0 unspecified atom stereocenters. The molecule has 3 aliphatic rings. The number of carbonyl (C=O) groups excluding carboxylic acids is 2. The van der Waals surface area contributed by atoms with Gasteiger partial charge in [0.2, 0.25) is 5.91 Å². The topological polar surface area (TPSA) is 83.4 Å². The van der Waals surface area contributed by atoms with E-state index < -0.39 is 5.54 Å². The number of furan rings is 1. The van der Waals surface area contributed by atoms with E-state index in [0.717, 1.165) is 37.9 Å². The smallest absolute Gasteiger partial charge is 0.315 e. The van der Waals surface area contributed by atoms with E-state index in [9.17, 15) is 9.59 Å². The maximum absolute atomic E-state index is 12.3. The molecule has 1 saturated heterocycles. The Kier molecular flexibility index (Phi) is 3.13. The Morgan fingerprint density at radius 2 is 2.32 bits per heavy atom. The summed E-state index contributed by atoms with van der Waals surface area (Å²) in [7, 11) is 0. The third-order valence-corrected chi connectivity index (χ3v) is 5.22. The maximum Gasteiger partial charge on any atom is 0.315 e. The Labute approximate surface area is 129 Å². The Balaban J connectivity index is 1.37. The zero-order chi connectivity index (χ0) is 15.2. The molecular formula is C16H21N3O3. The molecule has 2 heterocycles. The van der Waals surface area contributed by atoms with Gasteiger partial charge >= 0.3 is 6.03 Å². The van der Waals surface area contributed by atoms with Crippen LogP contribution in [0.4, 0.5) is 4.79 Å². The van der Waals surface area contributed by atoms with Crippen LogP contribution in [0.15, 0.2) is 22.8 Å². The first-order valence-corrected chi connectivity index (χ1v) is 8.08. The van der Waals surface area contributed by atoms with Crippen LogP contribution < -0.4 is 16.0 Å². The fourth-order valence-electron chi connectivity index (χ4n) is 3.99. The molecule has 6 heteroatoms. The lowest BCUT2D eigenvalue weighted by atomic mass is 9.78. The molecule has 118 valence electrons. The molecule has 3 N–H and O–H groups in total. The van der Waals surface area contributed by atoms with Crippen LogP contribution in [0.1, 0.15) is 50.2 Å². The standard InChI is InChI=1S/C16H21N3O3/c20-14-9-16(6-2-1-5-13(16)18-14)19-15(21)17-11-8-10(11)12-4-3-7-22-12/h3-4,7,10-11,13H,1-2,5-6,8-9H2,(H,18,20)(H2,17,19,21)/t10-,11-,13+,16-/m1/s1. The molecule has 6 nitrogen and oxygen atoms in total. The van der Waals surface area contributed by atoms with E-state index >= 15 is 0 Å². The molecule has 3 fully saturated rings. The van der Waals surface area contributed by atoms with Gasteiger partial charge in [0.15, 0.2) is 0 Å². The van der Waals surface area contributed by atoms with E-state index in [1.165, 1.54) is 0 Å². The summed E-state index contributed by atoms with van der Waals surface area (Å²) in [4.78, 5) is 24.1. The second kappa shape index (κ2) is 5.04. The normalized spacial score (nSPS) is 36.4. The van der Waals surface area contributed by atoms with Gasteiger partial charge in [-0.2, -0.15) is 0 Å². The highest BCUT2D eigenvalue weighted by Gasteiger charge is 2.50. The van der Waals surface area contributed by atoms with Crippen molar-refractivity contribution in [3.05, 3.63) is 24.2 Å². The minimum atomic E-state index is -0.394. The number of fused-ring (bicyclic) bond motifs is 1. The first-order chi connectivity index (χ1) is 10.7. The van der Waals surface area contributed by atoms with Crippen molar-refractivity contribution in [3.63, 3.8) is 0 Å². The minimum absolute atomic E-state index is 0.0482. The monoisotopic (exact) mass is 303 g/mol. The molecule has 0 spiro atoms. The van der Waals surface area contributed by atoms with Crippen molar-refractivity contribution >= 4 is 11.9 Å². The summed E-state index contributed by atoms with van der Waals surface area (Å²) in [5.41, 5.74) is -0.394. The van der Waals surface area contributed by atoms with Gasteiger partial charge in [0.25, 0.3) is 0 Å². The quantitative estimate of drug-likeness (QED) is 0.793. The maximum atomic E-state index is 12.3. The first-order valence-electron chi connectivity index (χ1n) is 8.08. The van der Waals surface area contributed by atoms with E-state index in [2.05, 4.69) is 16.0 Å². The molecule has 4 rings (SSSR count). The van der Waals surface area contributed by atoms with E-state index in [0.29, 0.717) is 6.42 Å². The third-order valence-electron chi connectivity index (χ3n) is 5.22. The fraction of sp³-hybridized carbons (Fsp3) is 0.625.